The van der Waals surface area contributed by atoms with Crippen LogP contribution >= 0.6 is 23.1 Å². The lowest BCUT2D eigenvalue weighted by atomic mass is 10.0. The van der Waals surface area contributed by atoms with Crippen LogP contribution in [0.1, 0.15) is 23.4 Å². The van der Waals surface area contributed by atoms with Crippen molar-refractivity contribution < 1.29 is 9.72 Å². The number of aromatic nitrogens is 1. The van der Waals surface area contributed by atoms with Crippen LogP contribution in [0, 0.1) is 10.1 Å². The molecule has 0 saturated carbocycles. The number of rotatable bonds is 5. The third kappa shape index (κ3) is 4.08. The van der Waals surface area contributed by atoms with Crippen molar-refractivity contribution in [2.45, 2.75) is 30.6 Å². The number of fused-ring (bicyclic) bond motifs is 1. The average Bonchev–Trinajstić information content (AvgIpc) is 2.95. The summed E-state index contributed by atoms with van der Waals surface area (Å²) in [7, 11) is 0. The van der Waals surface area contributed by atoms with Crippen molar-refractivity contribution >= 4 is 39.8 Å². The number of hydrogen-bond donors (Lipinski definition) is 1. The minimum absolute atomic E-state index is 0.0483. The van der Waals surface area contributed by atoms with Crippen LogP contribution in [-0.4, -0.2) is 21.6 Å². The van der Waals surface area contributed by atoms with Crippen LogP contribution in [-0.2, 0) is 17.6 Å². The number of hydrogen-bond acceptors (Lipinski definition) is 6. The molecule has 0 fully saturated rings. The van der Waals surface area contributed by atoms with Crippen LogP contribution in [0.4, 0.5) is 10.8 Å². The molecule has 0 atom stereocenters. The van der Waals surface area contributed by atoms with Gasteiger partial charge in [-0.1, -0.05) is 0 Å². The third-order valence-corrected chi connectivity index (χ3v) is 5.59. The number of amides is 1. The molecule has 1 N–H and O–H groups in total. The summed E-state index contributed by atoms with van der Waals surface area (Å²) in [5, 5.41) is 14.1. The van der Waals surface area contributed by atoms with Gasteiger partial charge in [-0.25, -0.2) is 4.98 Å². The third-order valence-electron chi connectivity index (χ3n) is 3.51. The SMILES string of the molecule is O=C(CSc1ccc([N+](=O)[O-])cc1)Nc1nc2c(s1)CCCC2. The zero-order chi connectivity index (χ0) is 16.2. The monoisotopic (exact) mass is 349 g/mol. The number of nitrogens with zero attached hydrogens (tertiary/aromatic N) is 2. The van der Waals surface area contributed by atoms with Gasteiger partial charge in [-0.3, -0.25) is 14.9 Å². The van der Waals surface area contributed by atoms with Crippen molar-refractivity contribution in [3.63, 3.8) is 0 Å². The highest BCUT2D eigenvalue weighted by Crippen LogP contribution is 2.29. The molecule has 0 unspecified atom stereocenters. The predicted molar refractivity (Wildman–Crippen MR) is 91.2 cm³/mol. The smallest absolute Gasteiger partial charge is 0.269 e. The first-order chi connectivity index (χ1) is 11.1. The second-order valence-electron chi connectivity index (χ2n) is 5.18. The Morgan fingerprint density at radius 3 is 2.74 bits per heavy atom. The maximum absolute atomic E-state index is 12.0. The van der Waals surface area contributed by atoms with Gasteiger partial charge < -0.3 is 5.32 Å². The van der Waals surface area contributed by atoms with Crippen LogP contribution in [0.5, 0.6) is 0 Å². The van der Waals surface area contributed by atoms with E-state index in [2.05, 4.69) is 10.3 Å². The van der Waals surface area contributed by atoms with Crippen LogP contribution in [0.25, 0.3) is 0 Å². The standard InChI is InChI=1S/C15H15N3O3S2/c19-14(9-22-11-7-5-10(6-8-11)18(20)21)17-15-16-12-3-1-2-4-13(12)23-15/h5-8H,1-4,9H2,(H,16,17,19). The highest BCUT2D eigenvalue weighted by molar-refractivity contribution is 8.00. The highest BCUT2D eigenvalue weighted by Gasteiger charge is 2.16. The normalized spacial score (nSPS) is 13.4. The molecule has 3 rings (SSSR count). The molecule has 0 spiro atoms. The van der Waals surface area contributed by atoms with Crippen molar-refractivity contribution in [3.05, 3.63) is 45.0 Å². The number of benzene rings is 1. The van der Waals surface area contributed by atoms with Gasteiger partial charge in [0, 0.05) is 21.9 Å². The Balaban J connectivity index is 1.53. The number of anilines is 1. The molecule has 1 aliphatic carbocycles. The molecule has 120 valence electrons. The maximum Gasteiger partial charge on any atom is 0.269 e. The van der Waals surface area contributed by atoms with Crippen LogP contribution < -0.4 is 5.32 Å². The van der Waals surface area contributed by atoms with Crippen LogP contribution in [0.3, 0.4) is 0 Å². The van der Waals surface area contributed by atoms with Gasteiger partial charge in [0.1, 0.15) is 0 Å². The van der Waals surface area contributed by atoms with Gasteiger partial charge in [0.15, 0.2) is 5.13 Å². The van der Waals surface area contributed by atoms with E-state index in [1.54, 1.807) is 23.5 Å². The lowest BCUT2D eigenvalue weighted by molar-refractivity contribution is -0.384. The maximum atomic E-state index is 12.0. The van der Waals surface area contributed by atoms with Gasteiger partial charge in [-0.15, -0.1) is 23.1 Å². The van der Waals surface area contributed by atoms with E-state index in [-0.39, 0.29) is 17.3 Å². The number of thiazole rings is 1. The molecule has 8 heteroatoms. The molecule has 0 radical (unpaired) electrons. The number of thioether (sulfide) groups is 1. The quantitative estimate of drug-likeness (QED) is 0.506. The van der Waals surface area contributed by atoms with Gasteiger partial charge in [0.2, 0.25) is 5.91 Å². The van der Waals surface area contributed by atoms with Gasteiger partial charge >= 0.3 is 0 Å². The minimum atomic E-state index is -0.439. The first kappa shape index (κ1) is 15.9. The molecular weight excluding hydrogens is 334 g/mol. The Kier molecular flexibility index (Phi) is 4.92. The summed E-state index contributed by atoms with van der Waals surface area (Å²) in [4.78, 5) is 28.7. The predicted octanol–water partition coefficient (Wildman–Crippen LogP) is 3.66. The topological polar surface area (TPSA) is 85.1 Å². The number of nitrogens with one attached hydrogen (secondary N) is 1. The zero-order valence-corrected chi connectivity index (χ0v) is 13.9. The Morgan fingerprint density at radius 2 is 2.04 bits per heavy atom. The fraction of sp³-hybridized carbons (Fsp3) is 0.333. The minimum Gasteiger partial charge on any atom is -0.301 e. The van der Waals surface area contributed by atoms with Gasteiger partial charge in [-0.05, 0) is 37.8 Å². The fourth-order valence-electron chi connectivity index (χ4n) is 2.37. The van der Waals surface area contributed by atoms with E-state index in [4.69, 9.17) is 0 Å². The Labute approximate surface area is 141 Å². The highest BCUT2D eigenvalue weighted by atomic mass is 32.2. The molecule has 1 aliphatic rings. The Hall–Kier alpha value is -1.93. The largest absolute Gasteiger partial charge is 0.301 e. The molecule has 1 amide bonds. The molecule has 1 heterocycles. The molecule has 2 aromatic rings. The molecule has 0 aliphatic heterocycles. The van der Waals surface area contributed by atoms with E-state index in [0.717, 1.165) is 23.4 Å². The van der Waals surface area contributed by atoms with Crippen molar-refractivity contribution in [2.24, 2.45) is 0 Å². The molecule has 1 aromatic carbocycles. The fourth-order valence-corrected chi connectivity index (χ4v) is 4.14. The summed E-state index contributed by atoms with van der Waals surface area (Å²) < 4.78 is 0. The summed E-state index contributed by atoms with van der Waals surface area (Å²) in [6.07, 6.45) is 4.42. The summed E-state index contributed by atoms with van der Waals surface area (Å²) >= 11 is 2.91. The number of non-ortho nitro benzene ring substituents is 1. The summed E-state index contributed by atoms with van der Waals surface area (Å²) in [5.74, 6) is 0.140. The van der Waals surface area contributed by atoms with Crippen molar-refractivity contribution in [2.75, 3.05) is 11.1 Å². The van der Waals surface area contributed by atoms with Gasteiger partial charge in [0.25, 0.3) is 5.69 Å². The summed E-state index contributed by atoms with van der Waals surface area (Å²) in [5.41, 5.74) is 1.17. The number of nitro groups is 1. The molecular formula is C15H15N3O3S2. The van der Waals surface area contributed by atoms with E-state index in [9.17, 15) is 14.9 Å². The van der Waals surface area contributed by atoms with E-state index in [1.807, 2.05) is 0 Å². The lowest BCUT2D eigenvalue weighted by Crippen LogP contribution is -2.13. The number of aryl methyl sites for hydroxylation is 2. The summed E-state index contributed by atoms with van der Waals surface area (Å²) in [6, 6.07) is 6.18. The second kappa shape index (κ2) is 7.10. The molecule has 1 aromatic heterocycles. The molecule has 0 bridgehead atoms. The number of carbonyl (C=O) groups is 1. The van der Waals surface area contributed by atoms with Crippen molar-refractivity contribution in [1.29, 1.82) is 0 Å². The summed E-state index contributed by atoms with van der Waals surface area (Å²) in [6.45, 7) is 0. The van der Waals surface area contributed by atoms with E-state index < -0.39 is 4.92 Å². The number of carbonyl (C=O) groups excluding carboxylic acids is 1. The first-order valence-electron chi connectivity index (χ1n) is 7.27. The van der Waals surface area contributed by atoms with Gasteiger partial charge in [-0.2, -0.15) is 0 Å². The lowest BCUT2D eigenvalue weighted by Gasteiger charge is -2.06. The average molecular weight is 349 g/mol. The van der Waals surface area contributed by atoms with E-state index >= 15 is 0 Å². The Bertz CT molecular complexity index is 705. The molecule has 23 heavy (non-hydrogen) atoms. The number of nitro benzene ring substituents is 1. The Morgan fingerprint density at radius 1 is 1.30 bits per heavy atom. The zero-order valence-electron chi connectivity index (χ0n) is 12.3. The van der Waals surface area contributed by atoms with Crippen LogP contribution in [0.2, 0.25) is 0 Å². The van der Waals surface area contributed by atoms with Crippen molar-refractivity contribution in [3.8, 4) is 0 Å². The van der Waals surface area contributed by atoms with E-state index in [1.165, 1.54) is 41.6 Å². The van der Waals surface area contributed by atoms with Crippen molar-refractivity contribution in [1.82, 2.24) is 4.98 Å². The van der Waals surface area contributed by atoms with Gasteiger partial charge in [0.05, 0.1) is 16.4 Å². The molecule has 6 nitrogen and oxygen atoms in total. The second-order valence-corrected chi connectivity index (χ2v) is 7.32. The molecule has 0 saturated heterocycles. The van der Waals surface area contributed by atoms with E-state index in [0.29, 0.717) is 5.13 Å². The first-order valence-corrected chi connectivity index (χ1v) is 9.08. The van der Waals surface area contributed by atoms with Crippen LogP contribution in [0.15, 0.2) is 29.2 Å².